The second kappa shape index (κ2) is 19.3. The van der Waals surface area contributed by atoms with E-state index in [1.165, 1.54) is 45.9 Å². The quantitative estimate of drug-likeness (QED) is 0.206. The van der Waals surface area contributed by atoms with Crippen molar-refractivity contribution in [1.29, 1.82) is 0 Å². The fourth-order valence-electron chi connectivity index (χ4n) is 3.83. The molecule has 3 aromatic rings. The summed E-state index contributed by atoms with van der Waals surface area (Å²) in [5.74, 6) is 0.560. The van der Waals surface area contributed by atoms with Crippen molar-refractivity contribution < 1.29 is 26.2 Å². The van der Waals surface area contributed by atoms with Gasteiger partial charge in [-0.3, -0.25) is 6.08 Å². The van der Waals surface area contributed by atoms with Gasteiger partial charge in [0, 0.05) is 10.2 Å². The third kappa shape index (κ3) is 12.9. The van der Waals surface area contributed by atoms with Crippen LogP contribution in [0.2, 0.25) is 0 Å². The maximum Gasteiger partial charge on any atom is 3.00 e. The Kier molecular flexibility index (Phi) is 18.4. The summed E-state index contributed by atoms with van der Waals surface area (Å²) < 4.78 is 0. The molecule has 0 saturated heterocycles. The molecule has 2 aliphatic carbocycles. The molecule has 36 heavy (non-hydrogen) atoms. The van der Waals surface area contributed by atoms with Gasteiger partial charge in [-0.15, -0.1) is 13.0 Å². The first-order chi connectivity index (χ1) is 16.4. The zero-order chi connectivity index (χ0) is 24.8. The monoisotopic (exact) mass is 571 g/mol. The van der Waals surface area contributed by atoms with Crippen molar-refractivity contribution in [2.24, 2.45) is 5.92 Å². The van der Waals surface area contributed by atoms with Gasteiger partial charge in [0.1, 0.15) is 0 Å². The Balaban J connectivity index is 0.000000461. The molecule has 5 rings (SSSR count). The van der Waals surface area contributed by atoms with Crippen molar-refractivity contribution in [3.63, 3.8) is 0 Å². The van der Waals surface area contributed by atoms with E-state index < -0.39 is 0 Å². The van der Waals surface area contributed by atoms with Crippen LogP contribution in [-0.4, -0.2) is 16.3 Å². The Morgan fingerprint density at radius 1 is 0.722 bits per heavy atom. The van der Waals surface area contributed by atoms with E-state index >= 15 is 0 Å². The molecule has 3 heteroatoms. The van der Waals surface area contributed by atoms with Gasteiger partial charge in [0.15, 0.2) is 0 Å². The zero-order valence-electron chi connectivity index (χ0n) is 22.9. The molecule has 1 nitrogen and oxygen atoms in total. The fourth-order valence-corrected chi connectivity index (χ4v) is 4.10. The second-order valence-corrected chi connectivity index (χ2v) is 9.81. The summed E-state index contributed by atoms with van der Waals surface area (Å²) in [6.07, 6.45) is 8.26. The third-order valence-corrected chi connectivity index (χ3v) is 6.79. The normalized spacial score (nSPS) is 15.9. The standard InChI is InChI=1S/C12H10.C9H13.C6H7Si.C5H10N.CH3.Zr/c1-3-7-11(8-4-1)12-9-5-2-6-10-12;1-6-5-7(2)9(4)8(6)3;7-6-4-2-1-3-5-6;6-5-3-1-2-4-5;;/h1-10H;6H,1-4H3;1-5H,7H2;5-6H,1-4H2;1H3;/q;-1;;2*-1;+3. The van der Waals surface area contributed by atoms with Crippen molar-refractivity contribution in [1.82, 2.24) is 0 Å². The number of allylic oxidation sites excluding steroid dienone is 4. The van der Waals surface area contributed by atoms with Gasteiger partial charge in [-0.05, 0) is 11.1 Å². The van der Waals surface area contributed by atoms with Crippen molar-refractivity contribution in [2.75, 3.05) is 0 Å². The van der Waals surface area contributed by atoms with Gasteiger partial charge in [0.05, 0.1) is 0 Å². The average molecular weight is 573 g/mol. The maximum atomic E-state index is 7.13. The van der Waals surface area contributed by atoms with Crippen LogP contribution in [0.4, 0.5) is 0 Å². The number of nitrogens with one attached hydrogen (secondary N) is 1. The molecule has 0 aliphatic heterocycles. The van der Waals surface area contributed by atoms with E-state index in [-0.39, 0.29) is 33.6 Å². The van der Waals surface area contributed by atoms with Crippen LogP contribution in [0, 0.1) is 19.4 Å². The summed E-state index contributed by atoms with van der Waals surface area (Å²) in [6, 6.07) is 31.4. The van der Waals surface area contributed by atoms with E-state index in [1.807, 2.05) is 40.6 Å². The van der Waals surface area contributed by atoms with Gasteiger partial charge in [-0.2, -0.15) is 11.1 Å². The zero-order valence-corrected chi connectivity index (χ0v) is 26.7. The molecule has 188 valence electrons. The summed E-state index contributed by atoms with van der Waals surface area (Å²) in [5.41, 5.74) is 13.9. The van der Waals surface area contributed by atoms with Crippen LogP contribution in [0.15, 0.2) is 108 Å². The Hall–Kier alpha value is -1.80. The summed E-state index contributed by atoms with van der Waals surface area (Å²) in [6.45, 7) is 8.67. The number of hydrogen-bond donors (Lipinski definition) is 0. The van der Waals surface area contributed by atoms with Crippen LogP contribution in [-0.2, 0) is 26.2 Å². The third-order valence-electron chi connectivity index (χ3n) is 6.32. The first-order valence-corrected chi connectivity index (χ1v) is 13.1. The predicted molar refractivity (Wildman–Crippen MR) is 159 cm³/mol. The smallest absolute Gasteiger partial charge is 0.675 e. The molecule has 1 unspecified atom stereocenters. The first-order valence-electron chi connectivity index (χ1n) is 12.3. The van der Waals surface area contributed by atoms with E-state index in [0.717, 1.165) is 12.8 Å². The second-order valence-electron chi connectivity index (χ2n) is 9.00. The Morgan fingerprint density at radius 2 is 1.11 bits per heavy atom. The van der Waals surface area contributed by atoms with Gasteiger partial charge in [-0.25, -0.2) is 5.57 Å². The molecule has 3 aromatic carbocycles. The van der Waals surface area contributed by atoms with Crippen LogP contribution in [0.1, 0.15) is 53.4 Å². The minimum Gasteiger partial charge on any atom is -0.675 e. The van der Waals surface area contributed by atoms with Crippen LogP contribution in [0.5, 0.6) is 0 Å². The van der Waals surface area contributed by atoms with E-state index in [2.05, 4.69) is 94.4 Å². The van der Waals surface area contributed by atoms with Gasteiger partial charge >= 0.3 is 26.2 Å². The van der Waals surface area contributed by atoms with Crippen LogP contribution >= 0.6 is 0 Å². The topological polar surface area (TPSA) is 23.8 Å². The Labute approximate surface area is 243 Å². The minimum atomic E-state index is 0. The van der Waals surface area contributed by atoms with Crippen molar-refractivity contribution in [3.8, 4) is 11.1 Å². The molecule has 1 saturated carbocycles. The average Bonchev–Trinajstić information content (AvgIpc) is 3.44. The predicted octanol–water partition coefficient (Wildman–Crippen LogP) is 8.45. The van der Waals surface area contributed by atoms with Crippen molar-refractivity contribution in [2.45, 2.75) is 59.4 Å². The number of rotatable bonds is 1. The Morgan fingerprint density at radius 3 is 1.31 bits per heavy atom. The van der Waals surface area contributed by atoms with Crippen LogP contribution < -0.4 is 5.19 Å². The Bertz CT molecular complexity index is 970. The van der Waals surface area contributed by atoms with E-state index in [1.54, 1.807) is 0 Å². The molecule has 1 atom stereocenters. The van der Waals surface area contributed by atoms with Crippen LogP contribution in [0.3, 0.4) is 0 Å². The molecule has 0 bridgehead atoms. The molecular formula is C33H43NSiZr. The molecule has 0 amide bonds. The first kappa shape index (κ1) is 34.2. The summed E-state index contributed by atoms with van der Waals surface area (Å²) >= 11 is 0. The van der Waals surface area contributed by atoms with Crippen LogP contribution in [0.25, 0.3) is 16.9 Å². The summed E-state index contributed by atoms with van der Waals surface area (Å²) in [7, 11) is 1.90. The van der Waals surface area contributed by atoms with Gasteiger partial charge < -0.3 is 13.2 Å². The molecule has 1 fully saturated rings. The van der Waals surface area contributed by atoms with Gasteiger partial charge in [0.2, 0.25) is 0 Å². The largest absolute Gasteiger partial charge is 3.00 e. The number of benzene rings is 3. The van der Waals surface area contributed by atoms with Gasteiger partial charge in [0.25, 0.3) is 0 Å². The minimum absolute atomic E-state index is 0. The summed E-state index contributed by atoms with van der Waals surface area (Å²) in [4.78, 5) is 0. The molecular weight excluding hydrogens is 530 g/mol. The van der Waals surface area contributed by atoms with Crippen molar-refractivity contribution in [3.05, 3.63) is 127 Å². The SMILES string of the molecule is CC1=[C-]C(C)C(C)=C1C.[CH3-].[NH-]C1CCCC1.[SiH2]c1ccccc1.[Zr+3].c1ccc(-c2ccccc2)cc1. The number of hydrogen-bond acceptors (Lipinski definition) is 0. The molecule has 0 aromatic heterocycles. The molecule has 2 aliphatic rings. The fraction of sp³-hybridized carbons (Fsp3) is 0.303. The van der Waals surface area contributed by atoms with E-state index in [4.69, 9.17) is 5.73 Å². The molecule has 2 radical (unpaired) electrons. The molecule has 0 heterocycles. The summed E-state index contributed by atoms with van der Waals surface area (Å²) in [5, 5.41) is 1.35. The van der Waals surface area contributed by atoms with Crippen molar-refractivity contribution >= 4 is 15.4 Å². The molecule has 1 N–H and O–H groups in total. The molecule has 0 spiro atoms. The maximum absolute atomic E-state index is 7.13. The van der Waals surface area contributed by atoms with E-state index in [0.29, 0.717) is 12.0 Å². The van der Waals surface area contributed by atoms with Gasteiger partial charge in [-0.1, -0.05) is 149 Å². The van der Waals surface area contributed by atoms with E-state index in [9.17, 15) is 0 Å².